The Hall–Kier alpha value is -1.38. The number of benzene rings is 2. The molecule has 0 aliphatic carbocycles. The second-order valence-corrected chi connectivity index (χ2v) is 6.05. The molecule has 0 aliphatic rings. The molecule has 0 radical (unpaired) electrons. The van der Waals surface area contributed by atoms with Crippen LogP contribution in [0.15, 0.2) is 53.9 Å². The maximum atomic E-state index is 13.9. The highest BCUT2D eigenvalue weighted by atomic mass is 35.5. The first kappa shape index (κ1) is 13.6. The molecule has 1 heterocycles. The zero-order chi connectivity index (χ0) is 13.9. The van der Waals surface area contributed by atoms with E-state index in [0.717, 1.165) is 6.42 Å². The number of fused-ring (bicyclic) bond motifs is 1. The predicted molar refractivity (Wildman–Crippen MR) is 85.4 cm³/mol. The van der Waals surface area contributed by atoms with Crippen molar-refractivity contribution < 1.29 is 4.39 Å². The van der Waals surface area contributed by atoms with Crippen molar-refractivity contribution in [3.05, 3.63) is 70.9 Å². The molecule has 0 saturated carbocycles. The Kier molecular flexibility index (Phi) is 4.04. The molecule has 2 aromatic carbocycles. The number of halogens is 2. The second-order valence-electron chi connectivity index (χ2n) is 4.83. The van der Waals surface area contributed by atoms with Crippen molar-refractivity contribution in [3.63, 3.8) is 0 Å². The average molecular weight is 305 g/mol. The van der Waals surface area contributed by atoms with Gasteiger partial charge in [-0.05, 0) is 40.4 Å². The van der Waals surface area contributed by atoms with E-state index < -0.39 is 0 Å². The Morgan fingerprint density at radius 3 is 2.60 bits per heavy atom. The number of hydrogen-bond donors (Lipinski definition) is 0. The molecule has 0 spiro atoms. The normalized spacial score (nSPS) is 12.7. The van der Waals surface area contributed by atoms with Crippen LogP contribution < -0.4 is 0 Å². The summed E-state index contributed by atoms with van der Waals surface area (Å²) in [6, 6.07) is 15.2. The zero-order valence-corrected chi connectivity index (χ0v) is 12.4. The fourth-order valence-electron chi connectivity index (χ4n) is 2.51. The van der Waals surface area contributed by atoms with Crippen molar-refractivity contribution >= 4 is 33.0 Å². The van der Waals surface area contributed by atoms with Crippen molar-refractivity contribution in [2.45, 2.75) is 12.3 Å². The van der Waals surface area contributed by atoms with Gasteiger partial charge in [-0.2, -0.15) is 0 Å². The summed E-state index contributed by atoms with van der Waals surface area (Å²) in [5.41, 5.74) is 1.96. The van der Waals surface area contributed by atoms with E-state index in [1.165, 1.54) is 21.7 Å². The van der Waals surface area contributed by atoms with Gasteiger partial charge in [0.1, 0.15) is 5.82 Å². The van der Waals surface area contributed by atoms with Crippen LogP contribution in [0.25, 0.3) is 10.1 Å². The minimum atomic E-state index is -0.169. The summed E-state index contributed by atoms with van der Waals surface area (Å²) in [5, 5.41) is 3.41. The molecule has 0 aliphatic heterocycles. The van der Waals surface area contributed by atoms with Crippen molar-refractivity contribution in [2.24, 2.45) is 0 Å². The number of rotatable bonds is 4. The Morgan fingerprint density at radius 2 is 1.80 bits per heavy atom. The molecule has 3 heteroatoms. The minimum absolute atomic E-state index is 0.0101. The third kappa shape index (κ3) is 2.58. The monoisotopic (exact) mass is 304 g/mol. The number of thiophene rings is 1. The fourth-order valence-corrected chi connectivity index (χ4v) is 3.76. The molecule has 0 N–H and O–H groups in total. The van der Waals surface area contributed by atoms with Crippen LogP contribution in [0.2, 0.25) is 0 Å². The van der Waals surface area contributed by atoms with Gasteiger partial charge in [-0.1, -0.05) is 36.4 Å². The van der Waals surface area contributed by atoms with Gasteiger partial charge in [0.05, 0.1) is 0 Å². The molecule has 102 valence electrons. The zero-order valence-electron chi connectivity index (χ0n) is 10.9. The first-order chi connectivity index (χ1) is 9.79. The Balaban J connectivity index is 1.94. The van der Waals surface area contributed by atoms with Gasteiger partial charge in [0, 0.05) is 16.5 Å². The lowest BCUT2D eigenvalue weighted by Crippen LogP contribution is -2.06. The minimum Gasteiger partial charge on any atom is -0.207 e. The molecule has 0 nitrogen and oxygen atoms in total. The topological polar surface area (TPSA) is 0 Å². The third-order valence-electron chi connectivity index (χ3n) is 3.56. The molecule has 3 aromatic rings. The van der Waals surface area contributed by atoms with Crippen LogP contribution in [0.1, 0.15) is 17.0 Å². The lowest BCUT2D eigenvalue weighted by Gasteiger charge is -2.14. The maximum absolute atomic E-state index is 13.9. The maximum Gasteiger partial charge on any atom is 0.126 e. The molecular weight excluding hydrogens is 291 g/mol. The van der Waals surface area contributed by atoms with Crippen LogP contribution >= 0.6 is 22.9 Å². The molecule has 1 unspecified atom stereocenters. The van der Waals surface area contributed by atoms with Crippen LogP contribution in [0.5, 0.6) is 0 Å². The van der Waals surface area contributed by atoms with Crippen LogP contribution in [-0.4, -0.2) is 5.88 Å². The fraction of sp³-hybridized carbons (Fsp3) is 0.176. The van der Waals surface area contributed by atoms with Crippen molar-refractivity contribution in [1.82, 2.24) is 0 Å². The Bertz CT molecular complexity index is 720. The highest BCUT2D eigenvalue weighted by molar-refractivity contribution is 7.17. The summed E-state index contributed by atoms with van der Waals surface area (Å²) >= 11 is 7.81. The van der Waals surface area contributed by atoms with E-state index in [9.17, 15) is 4.39 Å². The van der Waals surface area contributed by atoms with E-state index in [2.05, 4.69) is 17.5 Å². The van der Waals surface area contributed by atoms with E-state index in [1.54, 1.807) is 17.4 Å². The van der Waals surface area contributed by atoms with Gasteiger partial charge in [0.15, 0.2) is 0 Å². The van der Waals surface area contributed by atoms with E-state index in [4.69, 9.17) is 11.6 Å². The van der Waals surface area contributed by atoms with Crippen LogP contribution in [-0.2, 0) is 6.42 Å². The smallest absolute Gasteiger partial charge is 0.126 e. The van der Waals surface area contributed by atoms with E-state index in [1.807, 2.05) is 24.3 Å². The summed E-state index contributed by atoms with van der Waals surface area (Å²) in [7, 11) is 0. The molecular formula is C17H14ClFS. The summed E-state index contributed by atoms with van der Waals surface area (Å²) in [6.07, 6.45) is 0.772. The first-order valence-electron chi connectivity index (χ1n) is 6.55. The van der Waals surface area contributed by atoms with Gasteiger partial charge in [0.2, 0.25) is 0 Å². The Morgan fingerprint density at radius 1 is 1.05 bits per heavy atom. The largest absolute Gasteiger partial charge is 0.207 e. The highest BCUT2D eigenvalue weighted by Crippen LogP contribution is 2.31. The van der Waals surface area contributed by atoms with E-state index in [-0.39, 0.29) is 11.7 Å². The quantitative estimate of drug-likeness (QED) is 0.550. The third-order valence-corrected chi connectivity index (χ3v) is 4.94. The van der Waals surface area contributed by atoms with Crippen LogP contribution in [0.3, 0.4) is 0 Å². The van der Waals surface area contributed by atoms with E-state index in [0.29, 0.717) is 11.4 Å². The van der Waals surface area contributed by atoms with Crippen LogP contribution in [0, 0.1) is 5.82 Å². The summed E-state index contributed by atoms with van der Waals surface area (Å²) in [5.74, 6) is 0.263. The molecule has 3 rings (SSSR count). The van der Waals surface area contributed by atoms with Crippen molar-refractivity contribution in [3.8, 4) is 0 Å². The molecule has 0 amide bonds. The second kappa shape index (κ2) is 5.94. The standard InChI is InChI=1S/C17H14ClFS/c18-10-12(14-5-1-3-7-16(14)19)9-13-11-20-17-8-4-2-6-15(13)17/h1-8,11-12H,9-10H2. The van der Waals surface area contributed by atoms with Gasteiger partial charge >= 0.3 is 0 Å². The van der Waals surface area contributed by atoms with Crippen LogP contribution in [0.4, 0.5) is 4.39 Å². The number of alkyl halides is 1. The van der Waals surface area contributed by atoms with Crippen molar-refractivity contribution in [1.29, 1.82) is 0 Å². The molecule has 0 saturated heterocycles. The lowest BCUT2D eigenvalue weighted by molar-refractivity contribution is 0.589. The SMILES string of the molecule is Fc1ccccc1C(CCl)Cc1csc2ccccc12. The molecule has 20 heavy (non-hydrogen) atoms. The molecule has 0 fully saturated rings. The van der Waals surface area contributed by atoms with Gasteiger partial charge < -0.3 is 0 Å². The van der Waals surface area contributed by atoms with Gasteiger partial charge in [-0.25, -0.2) is 4.39 Å². The van der Waals surface area contributed by atoms with Crippen molar-refractivity contribution in [2.75, 3.05) is 5.88 Å². The summed E-state index contributed by atoms with van der Waals surface area (Å²) in [4.78, 5) is 0. The molecule has 1 aromatic heterocycles. The number of hydrogen-bond acceptors (Lipinski definition) is 1. The van der Waals surface area contributed by atoms with Gasteiger partial charge in [0.25, 0.3) is 0 Å². The summed E-state index contributed by atoms with van der Waals surface area (Å²) in [6.45, 7) is 0. The van der Waals surface area contributed by atoms with E-state index >= 15 is 0 Å². The predicted octanol–water partition coefficient (Wildman–Crippen LogP) is 5.61. The van der Waals surface area contributed by atoms with Gasteiger partial charge in [-0.3, -0.25) is 0 Å². The highest BCUT2D eigenvalue weighted by Gasteiger charge is 2.17. The van der Waals surface area contributed by atoms with Gasteiger partial charge in [-0.15, -0.1) is 22.9 Å². The summed E-state index contributed by atoms with van der Waals surface area (Å²) < 4.78 is 15.2. The Labute approximate surface area is 126 Å². The average Bonchev–Trinajstić information content (AvgIpc) is 2.89. The molecule has 0 bridgehead atoms. The molecule has 1 atom stereocenters. The lowest BCUT2D eigenvalue weighted by atomic mass is 9.93. The first-order valence-corrected chi connectivity index (χ1v) is 7.96.